The van der Waals surface area contributed by atoms with Crippen molar-refractivity contribution in [2.75, 3.05) is 17.4 Å². The van der Waals surface area contributed by atoms with Crippen LogP contribution in [0, 0.1) is 6.92 Å². The predicted octanol–water partition coefficient (Wildman–Crippen LogP) is 7.14. The average Bonchev–Trinajstić information content (AvgIpc) is 3.21. The largest absolute Gasteiger partial charge is 0.499 e. The summed E-state index contributed by atoms with van der Waals surface area (Å²) in [4.78, 5) is 0. The van der Waals surface area contributed by atoms with Crippen molar-refractivity contribution in [1.29, 1.82) is 0 Å². The van der Waals surface area contributed by atoms with Gasteiger partial charge in [-0.1, -0.05) is 24.3 Å². The minimum atomic E-state index is -5.83. The van der Waals surface area contributed by atoms with Crippen molar-refractivity contribution in [3.05, 3.63) is 101 Å². The molecule has 0 atom stereocenters. The minimum absolute atomic E-state index is 0.317. The Morgan fingerprint density at radius 1 is 1.02 bits per heavy atom. The van der Waals surface area contributed by atoms with Crippen LogP contribution in [-0.4, -0.2) is 36.4 Å². The number of aryl methyl sites for hydroxylation is 1. The molecule has 0 saturated heterocycles. The first kappa shape index (κ1) is 30.2. The summed E-state index contributed by atoms with van der Waals surface area (Å²) in [5.74, 6) is 0.105. The van der Waals surface area contributed by atoms with Crippen LogP contribution in [0.4, 0.5) is 33.3 Å². The van der Waals surface area contributed by atoms with Crippen LogP contribution < -0.4 is 25.2 Å². The lowest BCUT2D eigenvalue weighted by molar-refractivity contribution is -0.360. The van der Waals surface area contributed by atoms with E-state index in [0.717, 1.165) is 40.3 Å². The number of anilines is 2. The smallest absolute Gasteiger partial charge is 0.497 e. The maximum Gasteiger partial charge on any atom is 0.499 e. The van der Waals surface area contributed by atoms with Crippen LogP contribution >= 0.6 is 12.2 Å². The Balaban J connectivity index is 1.38. The van der Waals surface area contributed by atoms with E-state index in [1.54, 1.807) is 19.4 Å². The summed E-state index contributed by atoms with van der Waals surface area (Å²) in [6.07, 6.45) is -5.81. The first-order valence-corrected chi connectivity index (χ1v) is 12.7. The van der Waals surface area contributed by atoms with Crippen molar-refractivity contribution in [2.45, 2.75) is 25.6 Å². The van der Waals surface area contributed by atoms with Crippen molar-refractivity contribution >= 4 is 40.6 Å². The van der Waals surface area contributed by atoms with Gasteiger partial charge in [-0.25, -0.2) is 5.01 Å². The van der Waals surface area contributed by atoms with Gasteiger partial charge in [0.1, 0.15) is 11.5 Å². The SMILES string of the molecule is COc1ccc(NC(=S)N/N=C/c2ccc(C3=NN(c4ccc(OC(F)(F)C(F)(F)F)cc4)C=C=CC3)cc2)c(C)c1. The lowest BCUT2D eigenvalue weighted by atomic mass is 10.1. The van der Waals surface area contributed by atoms with Crippen molar-refractivity contribution in [1.82, 2.24) is 5.43 Å². The molecule has 0 saturated carbocycles. The second-order valence-electron chi connectivity index (χ2n) is 8.83. The highest BCUT2D eigenvalue weighted by molar-refractivity contribution is 7.80. The molecule has 42 heavy (non-hydrogen) atoms. The van der Waals surface area contributed by atoms with Gasteiger partial charge in [-0.3, -0.25) is 5.43 Å². The number of rotatable bonds is 8. The summed E-state index contributed by atoms with van der Waals surface area (Å²) in [5.41, 5.74) is 10.2. The van der Waals surface area contributed by atoms with E-state index in [9.17, 15) is 22.0 Å². The van der Waals surface area contributed by atoms with Gasteiger partial charge in [-0.2, -0.15) is 32.2 Å². The predicted molar refractivity (Wildman–Crippen MR) is 155 cm³/mol. The van der Waals surface area contributed by atoms with Crippen LogP contribution in [-0.2, 0) is 0 Å². The molecule has 0 radical (unpaired) electrons. The molecule has 13 heteroatoms. The third-order valence-electron chi connectivity index (χ3n) is 5.82. The number of thiocarbonyl (C=S) groups is 1. The quantitative estimate of drug-likeness (QED) is 0.0941. The molecule has 0 unspecified atom stereocenters. The Hall–Kier alpha value is -4.74. The van der Waals surface area contributed by atoms with Gasteiger partial charge in [0.2, 0.25) is 0 Å². The van der Waals surface area contributed by atoms with E-state index in [4.69, 9.17) is 17.0 Å². The van der Waals surface area contributed by atoms with Gasteiger partial charge in [0.05, 0.1) is 30.9 Å². The highest BCUT2D eigenvalue weighted by Crippen LogP contribution is 2.37. The summed E-state index contributed by atoms with van der Waals surface area (Å²) in [7, 11) is 1.60. The van der Waals surface area contributed by atoms with Crippen LogP contribution in [0.2, 0.25) is 0 Å². The number of nitrogens with zero attached hydrogens (tertiary/aromatic N) is 3. The van der Waals surface area contributed by atoms with E-state index in [2.05, 4.69) is 31.4 Å². The van der Waals surface area contributed by atoms with Crippen LogP contribution in [0.15, 0.2) is 94.9 Å². The molecule has 3 aromatic carbocycles. The molecule has 7 nitrogen and oxygen atoms in total. The summed E-state index contributed by atoms with van der Waals surface area (Å²) < 4.78 is 72.7. The first-order valence-electron chi connectivity index (χ1n) is 12.3. The number of ether oxygens (including phenoxy) is 2. The molecular formula is C29H24F5N5O2S. The Labute approximate surface area is 243 Å². The Bertz CT molecular complexity index is 1550. The third-order valence-corrected chi connectivity index (χ3v) is 6.01. The number of benzene rings is 3. The number of hydrogen-bond donors (Lipinski definition) is 2. The zero-order valence-corrected chi connectivity index (χ0v) is 23.1. The molecule has 3 aromatic rings. The van der Waals surface area contributed by atoms with Crippen molar-refractivity contribution < 1.29 is 31.4 Å². The number of allylic oxidation sites excluding steroid dienone is 1. The maximum atomic E-state index is 13.2. The summed E-state index contributed by atoms with van der Waals surface area (Å²) in [6.45, 7) is 1.93. The van der Waals surface area contributed by atoms with Crippen LogP contribution in [0.5, 0.6) is 11.5 Å². The molecule has 0 amide bonds. The fourth-order valence-electron chi connectivity index (χ4n) is 3.64. The zero-order chi connectivity index (χ0) is 30.3. The fourth-order valence-corrected chi connectivity index (χ4v) is 3.80. The van der Waals surface area contributed by atoms with Gasteiger partial charge < -0.3 is 14.8 Å². The molecule has 218 valence electrons. The van der Waals surface area contributed by atoms with Crippen molar-refractivity contribution in [2.24, 2.45) is 10.2 Å². The highest BCUT2D eigenvalue weighted by Gasteiger charge is 2.61. The molecule has 2 N–H and O–H groups in total. The van der Waals surface area contributed by atoms with Gasteiger partial charge in [0.15, 0.2) is 5.11 Å². The summed E-state index contributed by atoms with van der Waals surface area (Å²) in [5, 5.41) is 13.6. The van der Waals surface area contributed by atoms with Gasteiger partial charge in [0, 0.05) is 12.1 Å². The molecule has 0 bridgehead atoms. The molecule has 0 spiro atoms. The Morgan fingerprint density at radius 2 is 1.71 bits per heavy atom. The number of nitrogens with one attached hydrogen (secondary N) is 2. The van der Waals surface area contributed by atoms with Gasteiger partial charge in [-0.15, -0.1) is 5.73 Å². The minimum Gasteiger partial charge on any atom is -0.497 e. The van der Waals surface area contributed by atoms with Gasteiger partial charge in [0.25, 0.3) is 0 Å². The molecule has 0 aromatic heterocycles. The first-order chi connectivity index (χ1) is 19.9. The van der Waals surface area contributed by atoms with Crippen LogP contribution in [0.3, 0.4) is 0 Å². The second-order valence-corrected chi connectivity index (χ2v) is 9.24. The second kappa shape index (κ2) is 12.8. The van der Waals surface area contributed by atoms with Crippen molar-refractivity contribution in [3.63, 3.8) is 0 Å². The van der Waals surface area contributed by atoms with Crippen LogP contribution in [0.1, 0.15) is 23.1 Å². The zero-order valence-electron chi connectivity index (χ0n) is 22.2. The number of hydrazone groups is 2. The van der Waals surface area contributed by atoms with Crippen LogP contribution in [0.25, 0.3) is 0 Å². The van der Waals surface area contributed by atoms with E-state index in [1.165, 1.54) is 23.3 Å². The monoisotopic (exact) mass is 601 g/mol. The lowest BCUT2D eigenvalue weighted by Gasteiger charge is -2.21. The average molecular weight is 602 g/mol. The standard InChI is InChI=1S/C29H24F5N5O2S/c1-19-17-24(40-2)14-15-25(19)36-27(42)37-35-18-20-6-8-21(9-7-20)26-5-3-4-16-39(38-26)22-10-12-23(13-11-22)41-29(33,34)28(30,31)32/h3,6-18H,5H2,1-2H3,(H2,36,37,42)/b35-18+. The number of alkyl halides is 5. The summed E-state index contributed by atoms with van der Waals surface area (Å²) >= 11 is 5.30. The molecule has 1 aliphatic heterocycles. The number of halogens is 5. The summed E-state index contributed by atoms with van der Waals surface area (Å²) in [6, 6.07) is 17.6. The van der Waals surface area contributed by atoms with E-state index in [1.807, 2.05) is 49.4 Å². The van der Waals surface area contributed by atoms with E-state index >= 15 is 0 Å². The molecule has 1 aliphatic rings. The Kier molecular flexibility index (Phi) is 9.24. The maximum absolute atomic E-state index is 13.2. The topological polar surface area (TPSA) is 70.5 Å². The molecular weight excluding hydrogens is 577 g/mol. The normalized spacial score (nSPS) is 13.5. The van der Waals surface area contributed by atoms with Crippen molar-refractivity contribution in [3.8, 4) is 11.5 Å². The third kappa shape index (κ3) is 7.71. The number of methoxy groups -OCH3 is 1. The molecule has 0 aliphatic carbocycles. The highest BCUT2D eigenvalue weighted by atomic mass is 32.1. The molecule has 0 fully saturated rings. The number of hydrogen-bond acceptors (Lipinski definition) is 6. The fraction of sp³-hybridized carbons (Fsp3) is 0.172. The van der Waals surface area contributed by atoms with E-state index in [-0.39, 0.29) is 0 Å². The lowest BCUT2D eigenvalue weighted by Crippen LogP contribution is -2.41. The molecule has 1 heterocycles. The van der Waals surface area contributed by atoms with E-state index in [0.29, 0.717) is 22.9 Å². The van der Waals surface area contributed by atoms with E-state index < -0.39 is 18.0 Å². The van der Waals surface area contributed by atoms with Gasteiger partial charge in [-0.05, 0) is 84.4 Å². The Morgan fingerprint density at radius 3 is 2.36 bits per heavy atom. The van der Waals surface area contributed by atoms with Gasteiger partial charge >= 0.3 is 12.3 Å². The molecule has 4 rings (SSSR count).